The van der Waals surface area contributed by atoms with E-state index in [0.29, 0.717) is 11.3 Å². The monoisotopic (exact) mass is 269 g/mol. The first-order chi connectivity index (χ1) is 7.93. The maximum Gasteiger partial charge on any atom is 0.445 e. The highest BCUT2D eigenvalue weighted by Crippen LogP contribution is 2.32. The maximum atomic E-state index is 12.2. The lowest BCUT2D eigenvalue weighted by atomic mass is 10.4. The van der Waals surface area contributed by atoms with Crippen molar-refractivity contribution in [1.29, 1.82) is 0 Å². The Balaban J connectivity index is 2.38. The molecule has 0 bridgehead atoms. The van der Waals surface area contributed by atoms with Crippen molar-refractivity contribution >= 4 is 22.4 Å². The van der Waals surface area contributed by atoms with E-state index < -0.39 is 17.2 Å². The number of carbonyl (C=O) groups excluding carboxylic acids is 1. The van der Waals surface area contributed by atoms with Crippen LogP contribution >= 0.6 is 11.3 Å². The summed E-state index contributed by atoms with van der Waals surface area (Å²) in [5.74, 6) is -0.416. The number of hydrogen-bond donors (Lipinski definition) is 1. The van der Waals surface area contributed by atoms with Gasteiger partial charge in [0.1, 0.15) is 0 Å². The van der Waals surface area contributed by atoms with Crippen molar-refractivity contribution in [3.63, 3.8) is 0 Å². The number of alkyl halides is 3. The van der Waals surface area contributed by atoms with E-state index in [1.807, 2.05) is 0 Å². The van der Waals surface area contributed by atoms with Crippen LogP contribution in [0.25, 0.3) is 0 Å². The number of anilines is 1. The predicted molar refractivity (Wildman–Crippen MR) is 54.7 cm³/mol. The molecule has 0 aliphatic carbocycles. The van der Waals surface area contributed by atoms with Crippen molar-refractivity contribution in [3.05, 3.63) is 5.01 Å². The molecule has 0 fully saturated rings. The Morgan fingerprint density at radius 2 is 2.18 bits per heavy atom. The number of esters is 1. The van der Waals surface area contributed by atoms with Crippen molar-refractivity contribution in [2.45, 2.75) is 19.5 Å². The van der Waals surface area contributed by atoms with Gasteiger partial charge in [0, 0.05) is 6.54 Å². The van der Waals surface area contributed by atoms with Gasteiger partial charge in [-0.15, -0.1) is 10.2 Å². The maximum absolute atomic E-state index is 12.2. The van der Waals surface area contributed by atoms with Gasteiger partial charge >= 0.3 is 12.1 Å². The van der Waals surface area contributed by atoms with E-state index in [-0.39, 0.29) is 24.7 Å². The van der Waals surface area contributed by atoms with E-state index in [2.05, 4.69) is 20.3 Å². The Labute approximate surface area is 99.0 Å². The topological polar surface area (TPSA) is 64.1 Å². The van der Waals surface area contributed by atoms with Gasteiger partial charge in [0.2, 0.25) is 10.1 Å². The van der Waals surface area contributed by atoms with E-state index in [4.69, 9.17) is 0 Å². The molecule has 1 N–H and O–H groups in total. The molecule has 0 spiro atoms. The summed E-state index contributed by atoms with van der Waals surface area (Å²) in [6, 6.07) is 0. The van der Waals surface area contributed by atoms with Crippen LogP contribution in [0.1, 0.15) is 18.4 Å². The number of hydrogen-bond acceptors (Lipinski definition) is 6. The normalized spacial score (nSPS) is 11.3. The van der Waals surface area contributed by atoms with Gasteiger partial charge in [0.25, 0.3) is 0 Å². The van der Waals surface area contributed by atoms with E-state index >= 15 is 0 Å². The summed E-state index contributed by atoms with van der Waals surface area (Å²) in [4.78, 5) is 10.9. The zero-order valence-corrected chi connectivity index (χ0v) is 9.69. The fraction of sp³-hybridized carbons (Fsp3) is 0.625. The second kappa shape index (κ2) is 5.80. The van der Waals surface area contributed by atoms with Crippen LogP contribution in [-0.2, 0) is 15.7 Å². The van der Waals surface area contributed by atoms with Crippen LogP contribution in [-0.4, -0.2) is 29.3 Å². The third-order valence-corrected chi connectivity index (χ3v) is 2.50. The van der Waals surface area contributed by atoms with E-state index in [0.717, 1.165) is 0 Å². The lowest BCUT2D eigenvalue weighted by Gasteiger charge is -2.02. The highest BCUT2D eigenvalue weighted by atomic mass is 32.1. The Kier molecular flexibility index (Phi) is 4.67. The van der Waals surface area contributed by atoms with E-state index in [9.17, 15) is 18.0 Å². The van der Waals surface area contributed by atoms with Gasteiger partial charge in [0.15, 0.2) is 0 Å². The summed E-state index contributed by atoms with van der Waals surface area (Å²) >= 11 is 0.394. The van der Waals surface area contributed by atoms with Gasteiger partial charge in [-0.2, -0.15) is 13.2 Å². The third-order valence-electron chi connectivity index (χ3n) is 1.58. The fourth-order valence-electron chi connectivity index (χ4n) is 0.914. The molecule has 17 heavy (non-hydrogen) atoms. The van der Waals surface area contributed by atoms with Gasteiger partial charge in [-0.1, -0.05) is 11.3 Å². The van der Waals surface area contributed by atoms with Crippen LogP contribution in [0.4, 0.5) is 18.3 Å². The van der Waals surface area contributed by atoms with Crippen molar-refractivity contribution in [2.24, 2.45) is 0 Å². The minimum absolute atomic E-state index is 0.0293. The average molecular weight is 269 g/mol. The van der Waals surface area contributed by atoms with Crippen LogP contribution in [0.3, 0.4) is 0 Å². The van der Waals surface area contributed by atoms with Gasteiger partial charge in [-0.05, 0) is 6.92 Å². The van der Waals surface area contributed by atoms with Crippen LogP contribution < -0.4 is 5.32 Å². The number of carbonyl (C=O) groups is 1. The minimum atomic E-state index is -4.49. The zero-order valence-electron chi connectivity index (χ0n) is 8.87. The number of aromatic nitrogens is 2. The van der Waals surface area contributed by atoms with Crippen LogP contribution in [0.2, 0.25) is 0 Å². The number of ether oxygens (including phenoxy) is 1. The zero-order chi connectivity index (χ0) is 12.9. The first-order valence-corrected chi connectivity index (χ1v) is 5.55. The molecule has 9 heteroatoms. The fourth-order valence-corrected chi connectivity index (χ4v) is 1.55. The molecule has 5 nitrogen and oxygen atoms in total. The van der Waals surface area contributed by atoms with E-state index in [1.54, 1.807) is 6.92 Å². The third kappa shape index (κ3) is 4.55. The van der Waals surface area contributed by atoms with Crippen molar-refractivity contribution in [3.8, 4) is 0 Å². The summed E-state index contributed by atoms with van der Waals surface area (Å²) in [5, 5.41) is 7.88. The van der Waals surface area contributed by atoms with Crippen LogP contribution in [0, 0.1) is 0 Å². The molecule has 0 aliphatic rings. The van der Waals surface area contributed by atoms with Crippen LogP contribution in [0.15, 0.2) is 0 Å². The van der Waals surface area contributed by atoms with Crippen molar-refractivity contribution in [1.82, 2.24) is 10.2 Å². The summed E-state index contributed by atoms with van der Waals surface area (Å²) in [5.41, 5.74) is 0. The second-order valence-corrected chi connectivity index (χ2v) is 3.87. The van der Waals surface area contributed by atoms with Crippen molar-refractivity contribution < 1.29 is 22.7 Å². The molecule has 1 aromatic rings. The SMILES string of the molecule is CCOC(=O)CCNc1nnc(C(F)(F)F)s1. The Hall–Kier alpha value is -1.38. The molecule has 0 aliphatic heterocycles. The van der Waals surface area contributed by atoms with Gasteiger partial charge in [0.05, 0.1) is 13.0 Å². The number of halogens is 3. The Morgan fingerprint density at radius 3 is 2.71 bits per heavy atom. The standard InChI is InChI=1S/C8H10F3N3O2S/c1-2-16-5(15)3-4-12-7-14-13-6(17-7)8(9,10)11/h2-4H2,1H3,(H,12,14). The molecule has 0 saturated carbocycles. The van der Waals surface area contributed by atoms with Gasteiger partial charge in [-0.3, -0.25) is 4.79 Å². The lowest BCUT2D eigenvalue weighted by Crippen LogP contribution is -2.11. The summed E-state index contributed by atoms with van der Waals surface area (Å²) in [6.07, 6.45) is -4.42. The largest absolute Gasteiger partial charge is 0.466 e. The van der Waals surface area contributed by atoms with Crippen molar-refractivity contribution in [2.75, 3.05) is 18.5 Å². The molecule has 0 radical (unpaired) electrons. The molecular weight excluding hydrogens is 259 g/mol. The van der Waals surface area contributed by atoms with Gasteiger partial charge in [-0.25, -0.2) is 0 Å². The molecule has 1 rings (SSSR count). The number of nitrogens with one attached hydrogen (secondary N) is 1. The summed E-state index contributed by atoms with van der Waals surface area (Å²) in [7, 11) is 0. The smallest absolute Gasteiger partial charge is 0.445 e. The van der Waals surface area contributed by atoms with Crippen LogP contribution in [0.5, 0.6) is 0 Å². The molecule has 0 aromatic carbocycles. The second-order valence-electron chi connectivity index (χ2n) is 2.89. The summed E-state index contributed by atoms with van der Waals surface area (Å²) < 4.78 is 41.1. The first kappa shape index (κ1) is 13.7. The number of nitrogens with zero attached hydrogens (tertiary/aromatic N) is 2. The molecule has 1 aromatic heterocycles. The van der Waals surface area contributed by atoms with Gasteiger partial charge < -0.3 is 10.1 Å². The van der Waals surface area contributed by atoms with E-state index in [1.165, 1.54) is 0 Å². The molecular formula is C8H10F3N3O2S. The number of rotatable bonds is 5. The molecule has 96 valence electrons. The Bertz CT molecular complexity index is 380. The Morgan fingerprint density at radius 1 is 1.47 bits per heavy atom. The molecule has 0 unspecified atom stereocenters. The molecule has 0 amide bonds. The average Bonchev–Trinajstić information content (AvgIpc) is 2.66. The highest BCUT2D eigenvalue weighted by molar-refractivity contribution is 7.15. The molecule has 0 atom stereocenters. The first-order valence-electron chi connectivity index (χ1n) is 4.73. The minimum Gasteiger partial charge on any atom is -0.466 e. The quantitative estimate of drug-likeness (QED) is 0.827. The lowest BCUT2D eigenvalue weighted by molar-refractivity contribution is -0.142. The summed E-state index contributed by atoms with van der Waals surface area (Å²) in [6.45, 7) is 2.10. The predicted octanol–water partition coefficient (Wildman–Crippen LogP) is 1.92. The molecule has 0 saturated heterocycles. The highest BCUT2D eigenvalue weighted by Gasteiger charge is 2.35. The molecule has 1 heterocycles.